The molecule has 3 N–H and O–H groups in total. The van der Waals surface area contributed by atoms with E-state index in [1.807, 2.05) is 36.4 Å². The minimum Gasteiger partial charge on any atom is -0.480 e. The summed E-state index contributed by atoms with van der Waals surface area (Å²) >= 11 is 0. The number of alkyl carbamates (subject to hydrolysis) is 1. The SMILES string of the molecule is CN(C)CC(NC(=O)[C@@H]1OCC[C@@H]1NC(=O)OCC1c2ccccc2-c2ccccc21)C(=O)O. The standard InChI is InChI=1S/C25H29N3O6/c1-28(2)13-21(24(30)31)26-23(29)22-20(11-12-33-22)27-25(32)34-14-19-17-9-5-3-7-15(17)16-8-4-6-10-18(16)19/h3-10,19-22H,11-14H2,1-2H3,(H,26,29)(H,27,32)(H,30,31)/t20-,21?,22+/m0/s1. The highest BCUT2D eigenvalue weighted by Gasteiger charge is 2.38. The number of nitrogens with zero attached hydrogens (tertiary/aromatic N) is 1. The lowest BCUT2D eigenvalue weighted by Gasteiger charge is -2.23. The average Bonchev–Trinajstić information content (AvgIpc) is 3.39. The fraction of sp³-hybridized carbons (Fsp3) is 0.400. The maximum absolute atomic E-state index is 12.7. The van der Waals surface area contributed by atoms with Crippen molar-refractivity contribution in [2.75, 3.05) is 33.9 Å². The van der Waals surface area contributed by atoms with Crippen LogP contribution in [0.1, 0.15) is 23.5 Å². The Hall–Kier alpha value is -3.43. The molecule has 0 bridgehead atoms. The van der Waals surface area contributed by atoms with Gasteiger partial charge in [-0.1, -0.05) is 48.5 Å². The van der Waals surface area contributed by atoms with Crippen LogP contribution in [0.4, 0.5) is 4.79 Å². The van der Waals surface area contributed by atoms with Gasteiger partial charge in [-0.05, 0) is 42.8 Å². The molecule has 0 aromatic heterocycles. The molecule has 34 heavy (non-hydrogen) atoms. The molecular weight excluding hydrogens is 438 g/mol. The lowest BCUT2D eigenvalue weighted by atomic mass is 9.98. The quantitative estimate of drug-likeness (QED) is 0.542. The van der Waals surface area contributed by atoms with E-state index in [1.54, 1.807) is 19.0 Å². The molecule has 0 radical (unpaired) electrons. The first-order valence-corrected chi connectivity index (χ1v) is 11.3. The van der Waals surface area contributed by atoms with Crippen LogP contribution in [-0.4, -0.2) is 80.0 Å². The highest BCUT2D eigenvalue weighted by Crippen LogP contribution is 2.44. The summed E-state index contributed by atoms with van der Waals surface area (Å²) < 4.78 is 11.1. The van der Waals surface area contributed by atoms with Crippen molar-refractivity contribution >= 4 is 18.0 Å². The zero-order valence-corrected chi connectivity index (χ0v) is 19.2. The second-order valence-corrected chi connectivity index (χ2v) is 8.82. The number of likely N-dealkylation sites (N-methyl/N-ethyl adjacent to an activating group) is 1. The van der Waals surface area contributed by atoms with Crippen molar-refractivity contribution in [1.82, 2.24) is 15.5 Å². The van der Waals surface area contributed by atoms with Crippen molar-refractivity contribution in [2.24, 2.45) is 0 Å². The number of hydrogen-bond donors (Lipinski definition) is 3. The summed E-state index contributed by atoms with van der Waals surface area (Å²) in [6.07, 6.45) is -1.20. The third-order valence-corrected chi connectivity index (χ3v) is 6.16. The average molecular weight is 468 g/mol. The minimum atomic E-state index is -1.14. The van der Waals surface area contributed by atoms with Crippen LogP contribution in [0, 0.1) is 0 Å². The largest absolute Gasteiger partial charge is 0.480 e. The van der Waals surface area contributed by atoms with Gasteiger partial charge in [-0.2, -0.15) is 0 Å². The topological polar surface area (TPSA) is 117 Å². The fourth-order valence-electron chi connectivity index (χ4n) is 4.59. The maximum atomic E-state index is 12.7. The first-order valence-electron chi connectivity index (χ1n) is 11.3. The van der Waals surface area contributed by atoms with Gasteiger partial charge in [0.1, 0.15) is 12.6 Å². The summed E-state index contributed by atoms with van der Waals surface area (Å²) in [6.45, 7) is 0.574. The van der Waals surface area contributed by atoms with Crippen LogP contribution < -0.4 is 10.6 Å². The molecule has 9 nitrogen and oxygen atoms in total. The van der Waals surface area contributed by atoms with Crippen molar-refractivity contribution in [3.05, 3.63) is 59.7 Å². The molecule has 1 saturated heterocycles. The van der Waals surface area contributed by atoms with Gasteiger partial charge in [0.25, 0.3) is 5.91 Å². The molecule has 1 unspecified atom stereocenters. The van der Waals surface area contributed by atoms with Crippen LogP contribution in [0.25, 0.3) is 11.1 Å². The number of carbonyl (C=O) groups excluding carboxylic acids is 2. The molecular formula is C25H29N3O6. The summed E-state index contributed by atoms with van der Waals surface area (Å²) in [5.41, 5.74) is 4.50. The summed E-state index contributed by atoms with van der Waals surface area (Å²) in [6, 6.07) is 14.4. The molecule has 1 fully saturated rings. The molecule has 1 aliphatic heterocycles. The number of hydrogen-bond acceptors (Lipinski definition) is 6. The summed E-state index contributed by atoms with van der Waals surface area (Å²) in [4.78, 5) is 38.4. The monoisotopic (exact) mass is 467 g/mol. The Balaban J connectivity index is 1.36. The van der Waals surface area contributed by atoms with Gasteiger partial charge in [-0.3, -0.25) is 4.79 Å². The number of benzene rings is 2. The Bertz CT molecular complexity index is 1030. The first-order chi connectivity index (χ1) is 16.3. The van der Waals surface area contributed by atoms with E-state index < -0.39 is 36.2 Å². The number of amides is 2. The Kier molecular flexibility index (Phi) is 7.14. The lowest BCUT2D eigenvalue weighted by molar-refractivity contribution is -0.144. The molecule has 3 atom stereocenters. The van der Waals surface area contributed by atoms with Crippen LogP contribution in [0.5, 0.6) is 0 Å². The molecule has 2 aliphatic rings. The Morgan fingerprint density at radius 1 is 1.09 bits per heavy atom. The van der Waals surface area contributed by atoms with Crippen molar-refractivity contribution in [3.8, 4) is 11.1 Å². The van der Waals surface area contributed by atoms with Gasteiger partial charge >= 0.3 is 12.1 Å². The number of carbonyl (C=O) groups is 3. The van der Waals surface area contributed by atoms with E-state index in [4.69, 9.17) is 9.47 Å². The molecule has 1 heterocycles. The van der Waals surface area contributed by atoms with Gasteiger partial charge in [0, 0.05) is 19.1 Å². The Labute approximate surface area is 198 Å². The van der Waals surface area contributed by atoms with E-state index in [1.165, 1.54) is 0 Å². The van der Waals surface area contributed by atoms with Crippen molar-refractivity contribution in [2.45, 2.75) is 30.5 Å². The van der Waals surface area contributed by atoms with E-state index in [2.05, 4.69) is 22.8 Å². The molecule has 2 aromatic carbocycles. The number of aliphatic carboxylic acids is 1. The van der Waals surface area contributed by atoms with E-state index in [0.29, 0.717) is 6.42 Å². The third kappa shape index (κ3) is 5.05. The van der Waals surface area contributed by atoms with Crippen LogP contribution in [-0.2, 0) is 19.1 Å². The predicted molar refractivity (Wildman–Crippen MR) is 124 cm³/mol. The molecule has 4 rings (SSSR count). The Morgan fingerprint density at radius 2 is 1.71 bits per heavy atom. The fourth-order valence-corrected chi connectivity index (χ4v) is 4.59. The normalized spacial score (nSPS) is 19.9. The van der Waals surface area contributed by atoms with Crippen molar-refractivity contribution in [1.29, 1.82) is 0 Å². The van der Waals surface area contributed by atoms with Gasteiger partial charge in [0.05, 0.1) is 6.04 Å². The number of fused-ring (bicyclic) bond motifs is 3. The van der Waals surface area contributed by atoms with E-state index in [-0.39, 0.29) is 25.7 Å². The van der Waals surface area contributed by atoms with Crippen molar-refractivity contribution in [3.63, 3.8) is 0 Å². The van der Waals surface area contributed by atoms with Gasteiger partial charge in [-0.15, -0.1) is 0 Å². The first kappa shape index (κ1) is 23.7. The summed E-state index contributed by atoms with van der Waals surface area (Å²) in [5.74, 6) is -1.78. The van der Waals surface area contributed by atoms with Crippen molar-refractivity contribution < 1.29 is 29.0 Å². The number of nitrogens with one attached hydrogen (secondary N) is 2. The van der Waals surface area contributed by atoms with Crippen LogP contribution >= 0.6 is 0 Å². The second kappa shape index (κ2) is 10.2. The van der Waals surface area contributed by atoms with E-state index >= 15 is 0 Å². The summed E-state index contributed by atoms with van der Waals surface area (Å²) in [7, 11) is 3.44. The molecule has 9 heteroatoms. The van der Waals surface area contributed by atoms with E-state index in [0.717, 1.165) is 22.3 Å². The van der Waals surface area contributed by atoms with Gasteiger partial charge < -0.3 is 30.1 Å². The molecule has 0 spiro atoms. The number of carboxylic acids is 1. The van der Waals surface area contributed by atoms with E-state index in [9.17, 15) is 19.5 Å². The number of carboxylic acid groups (broad SMARTS) is 1. The molecule has 0 saturated carbocycles. The van der Waals surface area contributed by atoms with Crippen LogP contribution in [0.3, 0.4) is 0 Å². The maximum Gasteiger partial charge on any atom is 0.407 e. The number of rotatable bonds is 8. The van der Waals surface area contributed by atoms with Crippen LogP contribution in [0.15, 0.2) is 48.5 Å². The van der Waals surface area contributed by atoms with Gasteiger partial charge in [0.15, 0.2) is 6.10 Å². The number of ether oxygens (including phenoxy) is 2. The predicted octanol–water partition coefficient (Wildman–Crippen LogP) is 1.81. The molecule has 1 aliphatic carbocycles. The third-order valence-electron chi connectivity index (χ3n) is 6.16. The van der Waals surface area contributed by atoms with Gasteiger partial charge in [-0.25, -0.2) is 9.59 Å². The van der Waals surface area contributed by atoms with Crippen LogP contribution in [0.2, 0.25) is 0 Å². The zero-order chi connectivity index (χ0) is 24.2. The smallest absolute Gasteiger partial charge is 0.407 e. The minimum absolute atomic E-state index is 0.0700. The zero-order valence-electron chi connectivity index (χ0n) is 19.2. The lowest BCUT2D eigenvalue weighted by Crippen LogP contribution is -2.54. The summed E-state index contributed by atoms with van der Waals surface area (Å²) in [5, 5.41) is 14.6. The molecule has 2 amide bonds. The molecule has 180 valence electrons. The highest BCUT2D eigenvalue weighted by atomic mass is 16.6. The second-order valence-electron chi connectivity index (χ2n) is 8.82. The highest BCUT2D eigenvalue weighted by molar-refractivity contribution is 5.87. The Morgan fingerprint density at radius 3 is 2.29 bits per heavy atom. The molecule has 2 aromatic rings. The van der Waals surface area contributed by atoms with Gasteiger partial charge in [0.2, 0.25) is 0 Å².